The average molecular weight is 569 g/mol. The monoisotopic (exact) mass is 568 g/mol. The van der Waals surface area contributed by atoms with Crippen LogP contribution in [0.1, 0.15) is 17.5 Å². The summed E-state index contributed by atoms with van der Waals surface area (Å²) < 4.78 is 0. The van der Waals surface area contributed by atoms with Crippen molar-refractivity contribution in [2.24, 2.45) is 11.5 Å². The van der Waals surface area contributed by atoms with Crippen molar-refractivity contribution in [3.05, 3.63) is 71.9 Å². The predicted molar refractivity (Wildman–Crippen MR) is 151 cm³/mol. The Kier molecular flexibility index (Phi) is 10.7. The number of hydrogen-bond acceptors (Lipinski definition) is 7. The molecule has 13 heteroatoms. The lowest BCUT2D eigenvalue weighted by Crippen LogP contribution is -2.58. The second-order valence-electron chi connectivity index (χ2n) is 9.23. The number of rotatable bonds is 14. The summed E-state index contributed by atoms with van der Waals surface area (Å²) in [6, 6.07) is 11.3. The van der Waals surface area contributed by atoms with Crippen molar-refractivity contribution in [2.45, 2.75) is 43.4 Å². The lowest BCUT2D eigenvalue weighted by atomic mass is 10.0. The zero-order valence-corrected chi connectivity index (χ0v) is 22.4. The largest absolute Gasteiger partial charge is 0.480 e. The molecule has 0 aliphatic carbocycles. The molecular weight excluding hydrogens is 536 g/mol. The minimum Gasteiger partial charge on any atom is -0.480 e. The number of amides is 4. The van der Waals surface area contributed by atoms with Gasteiger partial charge in [0.1, 0.15) is 18.1 Å². The summed E-state index contributed by atoms with van der Waals surface area (Å²) in [4.78, 5) is 65.4. The van der Waals surface area contributed by atoms with Crippen molar-refractivity contribution >= 4 is 53.1 Å². The highest BCUT2D eigenvalue weighted by Crippen LogP contribution is 2.19. The van der Waals surface area contributed by atoms with Crippen LogP contribution in [0.5, 0.6) is 0 Å². The Labute approximate surface area is 235 Å². The van der Waals surface area contributed by atoms with Crippen molar-refractivity contribution in [3.63, 3.8) is 0 Å². The number of fused-ring (bicyclic) bond motifs is 1. The van der Waals surface area contributed by atoms with Crippen LogP contribution in [0.2, 0.25) is 0 Å². The molecule has 0 saturated carbocycles. The number of hydrogen-bond donors (Lipinski definition) is 8. The van der Waals surface area contributed by atoms with E-state index >= 15 is 0 Å². The van der Waals surface area contributed by atoms with Gasteiger partial charge in [0.05, 0.1) is 12.5 Å². The third kappa shape index (κ3) is 8.32. The van der Waals surface area contributed by atoms with Gasteiger partial charge < -0.3 is 37.5 Å². The number of aromatic amines is 1. The summed E-state index contributed by atoms with van der Waals surface area (Å²) in [5.41, 5.74) is 13.2. The molecule has 0 saturated heterocycles. The van der Waals surface area contributed by atoms with Gasteiger partial charge in [-0.05, 0) is 17.2 Å². The first kappa shape index (κ1) is 30.2. The molecule has 9 N–H and O–H groups in total. The molecular formula is C27H32N6O6S. The number of nitrogens with two attached hydrogens (primary N) is 2. The first-order valence-corrected chi connectivity index (χ1v) is 13.1. The van der Waals surface area contributed by atoms with Crippen molar-refractivity contribution in [1.29, 1.82) is 0 Å². The fourth-order valence-corrected chi connectivity index (χ4v) is 4.35. The zero-order chi connectivity index (χ0) is 29.2. The Balaban J connectivity index is 1.88. The molecule has 40 heavy (non-hydrogen) atoms. The van der Waals surface area contributed by atoms with E-state index in [1.54, 1.807) is 36.5 Å². The molecule has 1 aromatic heterocycles. The maximum atomic E-state index is 13.5. The molecule has 0 aliphatic heterocycles. The smallest absolute Gasteiger partial charge is 0.327 e. The summed E-state index contributed by atoms with van der Waals surface area (Å²) in [6.07, 6.45) is 1.36. The molecule has 0 radical (unpaired) electrons. The number of benzene rings is 2. The van der Waals surface area contributed by atoms with Gasteiger partial charge in [-0.15, -0.1) is 0 Å². The number of carbonyl (C=O) groups is 5. The van der Waals surface area contributed by atoms with Crippen LogP contribution in [0.25, 0.3) is 10.9 Å². The lowest BCUT2D eigenvalue weighted by Gasteiger charge is -2.25. The van der Waals surface area contributed by atoms with Gasteiger partial charge in [0.2, 0.25) is 23.6 Å². The number of carboxylic acid groups (broad SMARTS) is 1. The fraction of sp³-hybridized carbons (Fsp3) is 0.296. The van der Waals surface area contributed by atoms with Crippen LogP contribution < -0.4 is 27.4 Å². The van der Waals surface area contributed by atoms with Gasteiger partial charge >= 0.3 is 5.97 Å². The lowest BCUT2D eigenvalue weighted by molar-refractivity contribution is -0.141. The van der Waals surface area contributed by atoms with E-state index < -0.39 is 60.2 Å². The minimum absolute atomic E-state index is 0.0215. The van der Waals surface area contributed by atoms with E-state index in [9.17, 15) is 29.1 Å². The topological polar surface area (TPSA) is 209 Å². The SMILES string of the molecule is NC(=O)CC(N)C(=O)NC(Cc1ccccc1)C(=O)NC(Cc1c[nH]c2ccccc12)C(=O)NC(CS)C(=O)O. The molecule has 3 rings (SSSR count). The van der Waals surface area contributed by atoms with Crippen molar-refractivity contribution in [3.8, 4) is 0 Å². The summed E-state index contributed by atoms with van der Waals surface area (Å²) in [6.45, 7) is 0. The molecule has 1 heterocycles. The minimum atomic E-state index is -1.29. The van der Waals surface area contributed by atoms with Gasteiger partial charge in [-0.25, -0.2) is 4.79 Å². The van der Waals surface area contributed by atoms with E-state index in [2.05, 4.69) is 33.6 Å². The average Bonchev–Trinajstić information content (AvgIpc) is 3.33. The van der Waals surface area contributed by atoms with Crippen LogP contribution in [0.4, 0.5) is 0 Å². The van der Waals surface area contributed by atoms with Crippen LogP contribution in [0, 0.1) is 0 Å². The molecule has 4 amide bonds. The van der Waals surface area contributed by atoms with Crippen LogP contribution in [-0.4, -0.2) is 69.6 Å². The maximum Gasteiger partial charge on any atom is 0.327 e. The molecule has 0 aliphatic rings. The van der Waals surface area contributed by atoms with Gasteiger partial charge in [-0.1, -0.05) is 48.5 Å². The van der Waals surface area contributed by atoms with Gasteiger partial charge in [-0.3, -0.25) is 19.2 Å². The first-order valence-electron chi connectivity index (χ1n) is 12.5. The number of H-pyrrole nitrogens is 1. The molecule has 2 aromatic carbocycles. The van der Waals surface area contributed by atoms with E-state index in [0.29, 0.717) is 11.1 Å². The third-order valence-corrected chi connectivity index (χ3v) is 6.57. The second-order valence-corrected chi connectivity index (χ2v) is 9.60. The number of para-hydroxylation sites is 1. The van der Waals surface area contributed by atoms with Gasteiger partial charge in [-0.2, -0.15) is 12.6 Å². The van der Waals surface area contributed by atoms with E-state index in [1.165, 1.54) is 0 Å². The number of nitrogens with one attached hydrogen (secondary N) is 4. The number of primary amides is 1. The van der Waals surface area contributed by atoms with Crippen LogP contribution in [-0.2, 0) is 36.8 Å². The Bertz CT molecular complexity index is 1360. The summed E-state index contributed by atoms with van der Waals surface area (Å²) >= 11 is 3.99. The standard InChI is InChI=1S/C27H32N6O6S/c28-18(12-23(29)34)24(35)31-20(10-15-6-2-1-3-7-15)25(36)32-21(26(37)33-22(14-40)27(38)39)11-16-13-30-19-9-5-4-8-17(16)19/h1-9,13,18,20-22,30,40H,10-12,14,28H2,(H2,29,34)(H,31,35)(H,32,36)(H,33,37)(H,38,39). The summed E-state index contributed by atoms with van der Waals surface area (Å²) in [5, 5.41) is 17.8. The van der Waals surface area contributed by atoms with Crippen LogP contribution in [0.15, 0.2) is 60.8 Å². The molecule has 212 valence electrons. The highest BCUT2D eigenvalue weighted by Gasteiger charge is 2.31. The van der Waals surface area contributed by atoms with Gasteiger partial charge in [0.25, 0.3) is 0 Å². The molecule has 0 bridgehead atoms. The van der Waals surface area contributed by atoms with Crippen LogP contribution in [0.3, 0.4) is 0 Å². The summed E-state index contributed by atoms with van der Waals surface area (Å²) in [5.74, 6) is -4.44. The van der Waals surface area contributed by atoms with E-state index in [1.807, 2.05) is 24.3 Å². The first-order chi connectivity index (χ1) is 19.1. The number of aliphatic carboxylic acids is 1. The maximum absolute atomic E-state index is 13.5. The van der Waals surface area contributed by atoms with Crippen molar-refractivity contribution < 1.29 is 29.1 Å². The normalized spacial score (nSPS) is 13.9. The Hall–Kier alpha value is -4.36. The molecule has 3 aromatic rings. The van der Waals surface area contributed by atoms with E-state index in [4.69, 9.17) is 11.5 Å². The number of carboxylic acids is 1. The molecule has 0 spiro atoms. The van der Waals surface area contributed by atoms with Crippen molar-refractivity contribution in [2.75, 3.05) is 5.75 Å². The quantitative estimate of drug-likeness (QED) is 0.121. The number of aromatic nitrogens is 1. The van der Waals surface area contributed by atoms with Crippen LogP contribution >= 0.6 is 12.6 Å². The third-order valence-electron chi connectivity index (χ3n) is 6.20. The Morgan fingerprint density at radius 3 is 2.02 bits per heavy atom. The van der Waals surface area contributed by atoms with Gasteiger partial charge in [0, 0.05) is 35.7 Å². The number of thiol groups is 1. The predicted octanol–water partition coefficient (Wildman–Crippen LogP) is -0.375. The second kappa shape index (κ2) is 14.1. The molecule has 12 nitrogen and oxygen atoms in total. The summed E-state index contributed by atoms with van der Waals surface area (Å²) in [7, 11) is 0. The highest BCUT2D eigenvalue weighted by molar-refractivity contribution is 7.80. The zero-order valence-electron chi connectivity index (χ0n) is 21.5. The number of carbonyl (C=O) groups excluding carboxylic acids is 4. The van der Waals surface area contributed by atoms with Crippen molar-refractivity contribution in [1.82, 2.24) is 20.9 Å². The molecule has 0 fully saturated rings. The molecule has 4 atom stereocenters. The molecule has 4 unspecified atom stereocenters. The Morgan fingerprint density at radius 2 is 1.40 bits per heavy atom. The fourth-order valence-electron chi connectivity index (χ4n) is 4.11. The highest BCUT2D eigenvalue weighted by atomic mass is 32.1. The van der Waals surface area contributed by atoms with Gasteiger partial charge in [0.15, 0.2) is 0 Å². The van der Waals surface area contributed by atoms with E-state index in [-0.39, 0.29) is 18.6 Å². The van der Waals surface area contributed by atoms with E-state index in [0.717, 1.165) is 10.9 Å². The Morgan fingerprint density at radius 1 is 0.825 bits per heavy atom.